The Morgan fingerprint density at radius 2 is 1.41 bits per heavy atom. The highest BCUT2D eigenvalue weighted by molar-refractivity contribution is 6.08. The van der Waals surface area contributed by atoms with Crippen LogP contribution >= 0.6 is 0 Å². The van der Waals surface area contributed by atoms with Gasteiger partial charge in [-0.2, -0.15) is 0 Å². The Hall–Kier alpha value is -2.62. The van der Waals surface area contributed by atoms with Gasteiger partial charge in [0, 0.05) is 17.2 Å². The van der Waals surface area contributed by atoms with E-state index in [1.165, 1.54) is 32.1 Å². The lowest BCUT2D eigenvalue weighted by molar-refractivity contribution is -0.123. The number of carbonyl (C=O) groups is 2. The topological polar surface area (TPSA) is 55.4 Å². The minimum absolute atomic E-state index is 0.00246. The zero-order valence-electron chi connectivity index (χ0n) is 15.7. The number of hydrogen-bond donors (Lipinski definition) is 1. The molecule has 4 heteroatoms. The third kappa shape index (κ3) is 5.95. The summed E-state index contributed by atoms with van der Waals surface area (Å²) in [5, 5.41) is 3.09. The summed E-state index contributed by atoms with van der Waals surface area (Å²) in [7, 11) is 0. The number of carbonyl (C=O) groups excluding carboxylic acids is 2. The van der Waals surface area contributed by atoms with Gasteiger partial charge in [0.1, 0.15) is 5.75 Å². The van der Waals surface area contributed by atoms with Crippen LogP contribution in [-0.2, 0) is 4.79 Å². The first-order valence-electron chi connectivity index (χ1n) is 9.84. The van der Waals surface area contributed by atoms with Crippen molar-refractivity contribution in [3.8, 4) is 5.75 Å². The van der Waals surface area contributed by atoms with Crippen molar-refractivity contribution in [3.05, 3.63) is 65.7 Å². The Bertz CT molecular complexity index is 732. The number of rotatable bonds is 6. The fraction of sp³-hybridized carbons (Fsp3) is 0.391. The number of nitrogens with one attached hydrogen (secondary N) is 1. The predicted molar refractivity (Wildman–Crippen MR) is 106 cm³/mol. The molecule has 27 heavy (non-hydrogen) atoms. The molecule has 0 atom stereocenters. The van der Waals surface area contributed by atoms with Crippen molar-refractivity contribution >= 4 is 11.7 Å². The van der Waals surface area contributed by atoms with Gasteiger partial charge < -0.3 is 10.1 Å². The lowest BCUT2D eigenvalue weighted by Crippen LogP contribution is -2.38. The van der Waals surface area contributed by atoms with Crippen molar-refractivity contribution in [1.29, 1.82) is 0 Å². The van der Waals surface area contributed by atoms with Gasteiger partial charge in [0.25, 0.3) is 5.91 Å². The molecule has 0 bridgehead atoms. The second-order valence-electron chi connectivity index (χ2n) is 7.12. The summed E-state index contributed by atoms with van der Waals surface area (Å²) in [6.07, 6.45) is 8.32. The Labute approximate surface area is 160 Å². The van der Waals surface area contributed by atoms with Gasteiger partial charge in [-0.3, -0.25) is 9.59 Å². The van der Waals surface area contributed by atoms with Crippen LogP contribution in [0.2, 0.25) is 0 Å². The molecule has 0 unspecified atom stereocenters. The zero-order valence-corrected chi connectivity index (χ0v) is 15.7. The average Bonchev–Trinajstić information content (AvgIpc) is 2.69. The second kappa shape index (κ2) is 9.91. The maximum Gasteiger partial charge on any atom is 0.258 e. The standard InChI is InChI=1S/C23H27NO3/c25-22(24-20-11-7-2-1-3-8-12-20)17-27-21-15-13-19(14-16-21)23(26)18-9-5-4-6-10-18/h4-6,9-10,13-16,20H,1-3,7-8,11-12,17H2,(H,24,25). The molecule has 1 saturated carbocycles. The lowest BCUT2D eigenvalue weighted by atomic mass is 9.97. The Kier molecular flexibility index (Phi) is 7.03. The Balaban J connectivity index is 1.48. The van der Waals surface area contributed by atoms with Gasteiger partial charge >= 0.3 is 0 Å². The zero-order chi connectivity index (χ0) is 18.9. The van der Waals surface area contributed by atoms with Crippen LogP contribution in [0.1, 0.15) is 60.9 Å². The van der Waals surface area contributed by atoms with E-state index in [-0.39, 0.29) is 24.3 Å². The molecular weight excluding hydrogens is 338 g/mol. The van der Waals surface area contributed by atoms with E-state index >= 15 is 0 Å². The molecule has 2 aromatic carbocycles. The quantitative estimate of drug-likeness (QED) is 0.766. The summed E-state index contributed by atoms with van der Waals surface area (Å²) in [5.41, 5.74) is 1.26. The Morgan fingerprint density at radius 3 is 2.07 bits per heavy atom. The van der Waals surface area contributed by atoms with Crippen molar-refractivity contribution in [2.24, 2.45) is 0 Å². The second-order valence-corrected chi connectivity index (χ2v) is 7.12. The number of ether oxygens (including phenoxy) is 1. The van der Waals surface area contributed by atoms with E-state index in [9.17, 15) is 9.59 Å². The van der Waals surface area contributed by atoms with Crippen LogP contribution in [0.25, 0.3) is 0 Å². The first-order chi connectivity index (χ1) is 13.2. The van der Waals surface area contributed by atoms with E-state index in [0.29, 0.717) is 16.9 Å². The van der Waals surface area contributed by atoms with Gasteiger partial charge in [0.05, 0.1) is 0 Å². The summed E-state index contributed by atoms with van der Waals surface area (Å²) < 4.78 is 5.58. The summed E-state index contributed by atoms with van der Waals surface area (Å²) in [6.45, 7) is 0.00246. The van der Waals surface area contributed by atoms with Crippen LogP contribution in [-0.4, -0.2) is 24.3 Å². The van der Waals surface area contributed by atoms with Crippen LogP contribution in [0.4, 0.5) is 0 Å². The summed E-state index contributed by atoms with van der Waals surface area (Å²) in [4.78, 5) is 24.5. The van der Waals surface area contributed by atoms with Gasteiger partial charge in [-0.15, -0.1) is 0 Å². The molecule has 1 amide bonds. The number of amides is 1. The molecule has 0 aromatic heterocycles. The molecule has 1 aliphatic carbocycles. The highest BCUT2D eigenvalue weighted by Gasteiger charge is 2.14. The first-order valence-corrected chi connectivity index (χ1v) is 9.84. The highest BCUT2D eigenvalue weighted by Crippen LogP contribution is 2.18. The molecule has 0 aliphatic heterocycles. The fourth-order valence-corrected chi connectivity index (χ4v) is 3.48. The normalized spacial score (nSPS) is 15.4. The molecule has 0 radical (unpaired) electrons. The smallest absolute Gasteiger partial charge is 0.258 e. The summed E-state index contributed by atoms with van der Waals surface area (Å²) >= 11 is 0. The third-order valence-electron chi connectivity index (χ3n) is 4.99. The molecule has 0 spiro atoms. The fourth-order valence-electron chi connectivity index (χ4n) is 3.48. The number of ketones is 1. The summed E-state index contributed by atoms with van der Waals surface area (Å²) in [5.74, 6) is 0.488. The largest absolute Gasteiger partial charge is 0.484 e. The van der Waals surface area contributed by atoms with E-state index in [2.05, 4.69) is 5.32 Å². The van der Waals surface area contributed by atoms with Crippen LogP contribution in [0, 0.1) is 0 Å². The lowest BCUT2D eigenvalue weighted by Gasteiger charge is -2.21. The third-order valence-corrected chi connectivity index (χ3v) is 4.99. The van der Waals surface area contributed by atoms with Crippen molar-refractivity contribution < 1.29 is 14.3 Å². The average molecular weight is 365 g/mol. The Morgan fingerprint density at radius 1 is 0.815 bits per heavy atom. The number of hydrogen-bond acceptors (Lipinski definition) is 3. The molecule has 3 rings (SSSR count). The maximum atomic E-state index is 12.4. The molecule has 142 valence electrons. The van der Waals surface area contributed by atoms with E-state index in [1.807, 2.05) is 18.2 Å². The van der Waals surface area contributed by atoms with Gasteiger partial charge in [0.15, 0.2) is 12.4 Å². The SMILES string of the molecule is O=C(COc1ccc(C(=O)c2ccccc2)cc1)NC1CCCCCCC1. The molecule has 0 heterocycles. The van der Waals surface area contributed by atoms with Crippen LogP contribution in [0.5, 0.6) is 5.75 Å². The molecule has 4 nitrogen and oxygen atoms in total. The van der Waals surface area contributed by atoms with Gasteiger partial charge in [-0.1, -0.05) is 62.4 Å². The first kappa shape index (κ1) is 19.2. The molecule has 0 saturated heterocycles. The summed E-state index contributed by atoms with van der Waals surface area (Å²) in [6, 6.07) is 16.4. The minimum atomic E-state index is -0.0787. The van der Waals surface area contributed by atoms with Crippen molar-refractivity contribution in [3.63, 3.8) is 0 Å². The van der Waals surface area contributed by atoms with E-state index in [4.69, 9.17) is 4.74 Å². The molecule has 1 N–H and O–H groups in total. The maximum absolute atomic E-state index is 12.4. The van der Waals surface area contributed by atoms with Gasteiger partial charge in [0.2, 0.25) is 0 Å². The number of benzene rings is 2. The van der Waals surface area contributed by atoms with Gasteiger partial charge in [-0.25, -0.2) is 0 Å². The van der Waals surface area contributed by atoms with E-state index in [0.717, 1.165) is 12.8 Å². The van der Waals surface area contributed by atoms with Crippen molar-refractivity contribution in [1.82, 2.24) is 5.32 Å². The van der Waals surface area contributed by atoms with E-state index < -0.39 is 0 Å². The van der Waals surface area contributed by atoms with Crippen molar-refractivity contribution in [2.45, 2.75) is 51.0 Å². The minimum Gasteiger partial charge on any atom is -0.484 e. The van der Waals surface area contributed by atoms with Crippen molar-refractivity contribution in [2.75, 3.05) is 6.61 Å². The molecular formula is C23H27NO3. The molecule has 1 fully saturated rings. The highest BCUT2D eigenvalue weighted by atomic mass is 16.5. The molecule has 2 aromatic rings. The monoisotopic (exact) mass is 365 g/mol. The van der Waals surface area contributed by atoms with E-state index in [1.54, 1.807) is 36.4 Å². The predicted octanol–water partition coefficient (Wildman–Crippen LogP) is 4.53. The van der Waals surface area contributed by atoms with Crippen LogP contribution < -0.4 is 10.1 Å². The van der Waals surface area contributed by atoms with Crippen LogP contribution in [0.3, 0.4) is 0 Å². The van der Waals surface area contributed by atoms with Crippen LogP contribution in [0.15, 0.2) is 54.6 Å². The molecule has 1 aliphatic rings. The van der Waals surface area contributed by atoms with Gasteiger partial charge in [-0.05, 0) is 37.1 Å².